The van der Waals surface area contributed by atoms with Gasteiger partial charge in [-0.1, -0.05) is 18.2 Å². The fourth-order valence-electron chi connectivity index (χ4n) is 5.78. The summed E-state index contributed by atoms with van der Waals surface area (Å²) in [6, 6.07) is 11.2. The quantitative estimate of drug-likeness (QED) is 0.223. The number of alkyl halides is 3. The van der Waals surface area contributed by atoms with Crippen LogP contribution < -0.4 is 15.3 Å². The maximum Gasteiger partial charge on any atom is 0.573 e. The van der Waals surface area contributed by atoms with Crippen molar-refractivity contribution in [1.29, 1.82) is 0 Å². The molecule has 6 rings (SSSR count). The lowest BCUT2D eigenvalue weighted by atomic mass is 9.85. The van der Waals surface area contributed by atoms with Crippen LogP contribution in [-0.2, 0) is 18.7 Å². The van der Waals surface area contributed by atoms with Crippen molar-refractivity contribution in [3.05, 3.63) is 113 Å². The molecular formula is C31H30F5N9O3. The van der Waals surface area contributed by atoms with E-state index in [1.54, 1.807) is 19.1 Å². The van der Waals surface area contributed by atoms with E-state index in [1.807, 2.05) is 9.80 Å². The van der Waals surface area contributed by atoms with Crippen molar-refractivity contribution >= 4 is 5.82 Å². The van der Waals surface area contributed by atoms with Crippen LogP contribution in [0.25, 0.3) is 5.69 Å². The molecule has 0 amide bonds. The van der Waals surface area contributed by atoms with Gasteiger partial charge in [0.2, 0.25) is 0 Å². The molecule has 252 valence electrons. The van der Waals surface area contributed by atoms with Gasteiger partial charge in [-0.3, -0.25) is 4.90 Å². The Balaban J connectivity index is 1.10. The highest BCUT2D eigenvalue weighted by molar-refractivity contribution is 5.44. The Bertz CT molecular complexity index is 1890. The van der Waals surface area contributed by atoms with Crippen LogP contribution in [0.5, 0.6) is 5.75 Å². The van der Waals surface area contributed by atoms with Crippen molar-refractivity contribution in [1.82, 2.24) is 39.0 Å². The SMILES string of the molecule is C[C@@H](N1CCN(c2ccc(-n3cnn(Cc4ccc(OC(F)(F)F)cc4)c3=O)cn2)CC1)[C@](O)(Cn1cncn1)c1ccc(F)cc1F. The van der Waals surface area contributed by atoms with Crippen molar-refractivity contribution in [3.8, 4) is 11.4 Å². The number of rotatable bonds is 10. The number of aromatic nitrogens is 7. The molecular weight excluding hydrogens is 641 g/mol. The van der Waals surface area contributed by atoms with E-state index in [-0.39, 0.29) is 24.4 Å². The summed E-state index contributed by atoms with van der Waals surface area (Å²) in [7, 11) is 0. The van der Waals surface area contributed by atoms with Crippen LogP contribution in [0, 0.1) is 11.6 Å². The first kappa shape index (κ1) is 32.8. The van der Waals surface area contributed by atoms with Gasteiger partial charge >= 0.3 is 12.1 Å². The van der Waals surface area contributed by atoms with E-state index >= 15 is 0 Å². The standard InChI is InChI=1S/C31H30F5N9O3/c1-21(30(47,17-43-19-37-18-39-43)26-8-4-23(32)14-27(26)33)41-10-12-42(13-11-41)28-9-5-24(15-38-28)44-20-40-45(29(44)46)16-22-2-6-25(7-3-22)48-31(34,35)36/h2-9,14-15,18-21,47H,10-13,16-17H2,1H3/t21-,30-/m1/s1. The van der Waals surface area contributed by atoms with Crippen LogP contribution in [0.2, 0.25) is 0 Å². The van der Waals surface area contributed by atoms with Gasteiger partial charge in [0.05, 0.1) is 25.0 Å². The smallest absolute Gasteiger partial charge is 0.406 e. The molecule has 2 aromatic carbocycles. The number of nitrogens with zero attached hydrogens (tertiary/aromatic N) is 9. The first-order valence-corrected chi connectivity index (χ1v) is 14.8. The van der Waals surface area contributed by atoms with Crippen molar-refractivity contribution in [3.63, 3.8) is 0 Å². The Labute approximate surface area is 270 Å². The first-order chi connectivity index (χ1) is 22.9. The molecule has 5 aromatic rings. The fourth-order valence-corrected chi connectivity index (χ4v) is 5.78. The summed E-state index contributed by atoms with van der Waals surface area (Å²) >= 11 is 0. The summed E-state index contributed by atoms with van der Waals surface area (Å²) in [5.41, 5.74) is -1.23. The second-order valence-electron chi connectivity index (χ2n) is 11.3. The van der Waals surface area contributed by atoms with Crippen LogP contribution in [0.15, 0.2) is 84.6 Å². The summed E-state index contributed by atoms with van der Waals surface area (Å²) in [5.74, 6) is -1.30. The first-order valence-electron chi connectivity index (χ1n) is 14.8. The minimum atomic E-state index is -4.80. The van der Waals surface area contributed by atoms with Crippen LogP contribution >= 0.6 is 0 Å². The molecule has 2 atom stereocenters. The Morgan fingerprint density at radius 3 is 2.33 bits per heavy atom. The number of benzene rings is 2. The third-order valence-electron chi connectivity index (χ3n) is 8.38. The van der Waals surface area contributed by atoms with Crippen molar-refractivity contribution < 1.29 is 31.8 Å². The van der Waals surface area contributed by atoms with Crippen LogP contribution in [0.3, 0.4) is 0 Å². The van der Waals surface area contributed by atoms with Crippen LogP contribution in [-0.4, -0.2) is 82.7 Å². The lowest BCUT2D eigenvalue weighted by molar-refractivity contribution is -0.274. The second-order valence-corrected chi connectivity index (χ2v) is 11.3. The second kappa shape index (κ2) is 13.2. The van der Waals surface area contributed by atoms with Gasteiger partial charge in [0.25, 0.3) is 0 Å². The maximum absolute atomic E-state index is 15.0. The number of pyridine rings is 1. The minimum Gasteiger partial charge on any atom is -0.406 e. The van der Waals surface area contributed by atoms with Gasteiger partial charge in [-0.25, -0.2) is 37.5 Å². The van der Waals surface area contributed by atoms with Gasteiger partial charge < -0.3 is 14.7 Å². The van der Waals surface area contributed by atoms with E-state index in [9.17, 15) is 31.9 Å². The van der Waals surface area contributed by atoms with Gasteiger partial charge in [0.1, 0.15) is 47.8 Å². The molecule has 1 aliphatic rings. The number of piperazine rings is 1. The van der Waals surface area contributed by atoms with E-state index in [0.717, 1.165) is 12.1 Å². The molecule has 0 saturated carbocycles. The molecule has 17 heteroatoms. The molecule has 4 heterocycles. The van der Waals surface area contributed by atoms with Crippen LogP contribution in [0.4, 0.5) is 27.8 Å². The van der Waals surface area contributed by atoms with Gasteiger partial charge in [0, 0.05) is 43.9 Å². The third-order valence-corrected chi connectivity index (χ3v) is 8.38. The highest BCUT2D eigenvalue weighted by Crippen LogP contribution is 2.33. The topological polar surface area (TPSA) is 119 Å². The normalized spacial score (nSPS) is 16.1. The molecule has 1 aliphatic heterocycles. The molecule has 12 nitrogen and oxygen atoms in total. The predicted octanol–water partition coefficient (Wildman–Crippen LogP) is 3.34. The fraction of sp³-hybridized carbons (Fsp3) is 0.323. The number of anilines is 1. The molecule has 48 heavy (non-hydrogen) atoms. The Morgan fingerprint density at radius 2 is 1.71 bits per heavy atom. The molecule has 0 aliphatic carbocycles. The zero-order valence-electron chi connectivity index (χ0n) is 25.5. The van der Waals surface area contributed by atoms with E-state index in [2.05, 4.69) is 24.9 Å². The predicted molar refractivity (Wildman–Crippen MR) is 161 cm³/mol. The summed E-state index contributed by atoms with van der Waals surface area (Å²) < 4.78 is 73.7. The van der Waals surface area contributed by atoms with Crippen molar-refractivity contribution in [2.75, 3.05) is 31.1 Å². The van der Waals surface area contributed by atoms with Crippen molar-refractivity contribution in [2.45, 2.75) is 38.0 Å². The number of ether oxygens (including phenoxy) is 1. The zero-order valence-corrected chi connectivity index (χ0v) is 25.5. The summed E-state index contributed by atoms with van der Waals surface area (Å²) in [6.07, 6.45) is 0.812. The third kappa shape index (κ3) is 7.06. The number of aliphatic hydroxyl groups is 1. The lowest BCUT2D eigenvalue weighted by Gasteiger charge is -2.45. The summed E-state index contributed by atoms with van der Waals surface area (Å²) in [4.78, 5) is 25.5. The average molecular weight is 672 g/mol. The molecule has 1 fully saturated rings. The Hall–Kier alpha value is -5.16. The molecule has 1 N–H and O–H groups in total. The van der Waals surface area contributed by atoms with Gasteiger partial charge in [-0.15, -0.1) is 13.2 Å². The Kier molecular flexibility index (Phi) is 8.98. The van der Waals surface area contributed by atoms with E-state index in [1.165, 1.54) is 69.4 Å². The van der Waals surface area contributed by atoms with Gasteiger partial charge in [-0.05, 0) is 42.8 Å². The van der Waals surface area contributed by atoms with Gasteiger partial charge in [-0.2, -0.15) is 10.2 Å². The highest BCUT2D eigenvalue weighted by atomic mass is 19.4. The van der Waals surface area contributed by atoms with Crippen LogP contribution in [0.1, 0.15) is 18.1 Å². The summed E-state index contributed by atoms with van der Waals surface area (Å²) in [6.45, 7) is 3.80. The minimum absolute atomic E-state index is 0.0358. The molecule has 0 radical (unpaired) electrons. The molecule has 0 bridgehead atoms. The maximum atomic E-state index is 15.0. The highest BCUT2D eigenvalue weighted by Gasteiger charge is 2.42. The molecule has 3 aromatic heterocycles. The number of hydrogen-bond acceptors (Lipinski definition) is 9. The van der Waals surface area contributed by atoms with Crippen molar-refractivity contribution in [2.24, 2.45) is 0 Å². The number of halogens is 5. The monoisotopic (exact) mass is 671 g/mol. The molecule has 0 spiro atoms. The summed E-state index contributed by atoms with van der Waals surface area (Å²) in [5, 5.41) is 20.1. The zero-order chi connectivity index (χ0) is 34.1. The van der Waals surface area contributed by atoms with Gasteiger partial charge in [0.15, 0.2) is 0 Å². The average Bonchev–Trinajstić information content (AvgIpc) is 3.70. The molecule has 0 unspecified atom stereocenters. The molecule has 1 saturated heterocycles. The van der Waals surface area contributed by atoms with E-state index in [0.29, 0.717) is 43.2 Å². The van der Waals surface area contributed by atoms with E-state index < -0.39 is 35.3 Å². The van der Waals surface area contributed by atoms with E-state index in [4.69, 9.17) is 0 Å². The number of hydrogen-bond donors (Lipinski definition) is 1. The Morgan fingerprint density at radius 1 is 0.958 bits per heavy atom. The lowest BCUT2D eigenvalue weighted by Crippen LogP contribution is -2.57. The largest absolute Gasteiger partial charge is 0.573 e.